The molecule has 2 N–H and O–H groups in total. The van der Waals surface area contributed by atoms with E-state index in [1.165, 1.54) is 28.0 Å². The molecule has 0 spiro atoms. The first-order valence-electron chi connectivity index (χ1n) is 8.98. The van der Waals surface area contributed by atoms with Gasteiger partial charge < -0.3 is 10.6 Å². The lowest BCUT2D eigenvalue weighted by molar-refractivity contribution is 0.602. The van der Waals surface area contributed by atoms with E-state index in [1.54, 1.807) is 0 Å². The number of fused-ring (bicyclic) bond motifs is 1. The number of allylic oxidation sites excluding steroid dienone is 6. The van der Waals surface area contributed by atoms with Gasteiger partial charge in [0.15, 0.2) is 0 Å². The Morgan fingerprint density at radius 3 is 2.12 bits per heavy atom. The van der Waals surface area contributed by atoms with Crippen molar-refractivity contribution in [3.05, 3.63) is 107 Å². The van der Waals surface area contributed by atoms with Gasteiger partial charge in [0.25, 0.3) is 0 Å². The third-order valence-electron chi connectivity index (χ3n) is 5.29. The predicted octanol–water partition coefficient (Wildman–Crippen LogP) is 3.94. The smallest absolute Gasteiger partial charge is 0.0512 e. The Kier molecular flexibility index (Phi) is 4.29. The summed E-state index contributed by atoms with van der Waals surface area (Å²) in [5.41, 5.74) is 6.74. The van der Waals surface area contributed by atoms with Crippen LogP contribution in [0.25, 0.3) is 0 Å². The van der Waals surface area contributed by atoms with Crippen molar-refractivity contribution < 1.29 is 0 Å². The molecule has 0 unspecified atom stereocenters. The summed E-state index contributed by atoms with van der Waals surface area (Å²) in [6, 6.07) is 21.8. The van der Waals surface area contributed by atoms with E-state index in [2.05, 4.69) is 89.5 Å². The third kappa shape index (κ3) is 2.63. The van der Waals surface area contributed by atoms with Gasteiger partial charge in [0, 0.05) is 25.2 Å². The van der Waals surface area contributed by atoms with Gasteiger partial charge in [-0.15, -0.1) is 0 Å². The molecule has 4 rings (SSSR count). The van der Waals surface area contributed by atoms with Crippen molar-refractivity contribution in [3.8, 4) is 0 Å². The predicted molar refractivity (Wildman–Crippen MR) is 104 cm³/mol. The van der Waals surface area contributed by atoms with Gasteiger partial charge in [-0.1, -0.05) is 78.9 Å². The summed E-state index contributed by atoms with van der Waals surface area (Å²) in [4.78, 5) is 0. The van der Waals surface area contributed by atoms with Crippen LogP contribution in [0.1, 0.15) is 17.5 Å². The van der Waals surface area contributed by atoms with Crippen LogP contribution in [0.15, 0.2) is 95.7 Å². The zero-order valence-corrected chi connectivity index (χ0v) is 14.6. The second kappa shape index (κ2) is 6.73. The maximum Gasteiger partial charge on any atom is 0.0512 e. The Morgan fingerprint density at radius 1 is 0.880 bits per heavy atom. The summed E-state index contributed by atoms with van der Waals surface area (Å²) in [5.74, 6) is 0. The monoisotopic (exact) mass is 328 g/mol. The summed E-state index contributed by atoms with van der Waals surface area (Å²) in [7, 11) is 1.99. The minimum Gasteiger partial charge on any atom is -0.387 e. The molecule has 2 aromatic rings. The number of hydrogen-bond acceptors (Lipinski definition) is 2. The fraction of sp³-hybridized carbons (Fsp3) is 0.217. The number of nitrogens with one attached hydrogen (secondary N) is 2. The molecule has 0 heterocycles. The van der Waals surface area contributed by atoms with Gasteiger partial charge in [-0.05, 0) is 29.3 Å². The quantitative estimate of drug-likeness (QED) is 0.785. The molecule has 25 heavy (non-hydrogen) atoms. The van der Waals surface area contributed by atoms with Gasteiger partial charge in [0.2, 0.25) is 0 Å². The van der Waals surface area contributed by atoms with Crippen LogP contribution < -0.4 is 10.6 Å². The van der Waals surface area contributed by atoms with Crippen LogP contribution in [0.4, 0.5) is 0 Å². The molecule has 0 aromatic heterocycles. The van der Waals surface area contributed by atoms with Crippen molar-refractivity contribution in [3.63, 3.8) is 0 Å². The standard InChI is InChI=1S/C23H24N2/c1-24-15-16-25-22-17-23(18-9-4-2-5-10-18,19-11-6-3-7-12-19)21-14-8-13-20(21)22/h2-14,24-25H,15-17H2,1H3. The zero-order valence-electron chi connectivity index (χ0n) is 14.6. The largest absolute Gasteiger partial charge is 0.387 e. The Morgan fingerprint density at radius 2 is 1.52 bits per heavy atom. The highest BCUT2D eigenvalue weighted by atomic mass is 14.9. The molecule has 0 saturated heterocycles. The van der Waals surface area contributed by atoms with E-state index in [0.29, 0.717) is 0 Å². The minimum absolute atomic E-state index is 0.108. The van der Waals surface area contributed by atoms with Gasteiger partial charge in [0.1, 0.15) is 0 Å². The van der Waals surface area contributed by atoms with Crippen molar-refractivity contribution in [2.75, 3.05) is 20.1 Å². The first kappa shape index (κ1) is 15.9. The zero-order chi connectivity index (χ0) is 17.1. The molecule has 126 valence electrons. The van der Waals surface area contributed by atoms with Crippen molar-refractivity contribution in [1.82, 2.24) is 10.6 Å². The summed E-state index contributed by atoms with van der Waals surface area (Å²) >= 11 is 0. The van der Waals surface area contributed by atoms with Crippen LogP contribution in [-0.2, 0) is 5.41 Å². The van der Waals surface area contributed by atoms with E-state index < -0.39 is 0 Å². The van der Waals surface area contributed by atoms with Crippen LogP contribution in [0.3, 0.4) is 0 Å². The number of benzene rings is 2. The Labute approximate surface area is 150 Å². The van der Waals surface area contributed by atoms with E-state index >= 15 is 0 Å². The molecule has 0 amide bonds. The fourth-order valence-corrected chi connectivity index (χ4v) is 4.13. The van der Waals surface area contributed by atoms with Gasteiger partial charge >= 0.3 is 0 Å². The first-order valence-corrected chi connectivity index (χ1v) is 8.98. The summed E-state index contributed by atoms with van der Waals surface area (Å²) < 4.78 is 0. The van der Waals surface area contributed by atoms with E-state index in [1.807, 2.05) is 7.05 Å². The second-order valence-corrected chi connectivity index (χ2v) is 6.68. The number of rotatable bonds is 6. The lowest BCUT2D eigenvalue weighted by atomic mass is 9.69. The van der Waals surface area contributed by atoms with E-state index in [4.69, 9.17) is 0 Å². The molecule has 0 fully saturated rings. The summed E-state index contributed by atoms with van der Waals surface area (Å²) in [6.45, 7) is 1.90. The van der Waals surface area contributed by atoms with E-state index in [-0.39, 0.29) is 5.41 Å². The van der Waals surface area contributed by atoms with Gasteiger partial charge in [-0.2, -0.15) is 0 Å². The lowest BCUT2D eigenvalue weighted by Gasteiger charge is -2.33. The molecule has 0 atom stereocenters. The topological polar surface area (TPSA) is 24.1 Å². The Hall–Kier alpha value is -2.58. The lowest BCUT2D eigenvalue weighted by Crippen LogP contribution is -2.29. The second-order valence-electron chi connectivity index (χ2n) is 6.68. The van der Waals surface area contributed by atoms with Crippen LogP contribution in [0.2, 0.25) is 0 Å². The normalized spacial score (nSPS) is 17.6. The van der Waals surface area contributed by atoms with Crippen LogP contribution in [0.5, 0.6) is 0 Å². The average Bonchev–Trinajstić information content (AvgIpc) is 3.26. The molecule has 2 aliphatic carbocycles. The maximum absolute atomic E-state index is 3.67. The minimum atomic E-state index is -0.108. The highest BCUT2D eigenvalue weighted by molar-refractivity contribution is 5.68. The van der Waals surface area contributed by atoms with Crippen molar-refractivity contribution in [1.29, 1.82) is 0 Å². The highest BCUT2D eigenvalue weighted by Crippen LogP contribution is 2.53. The molecular formula is C23H24N2. The highest BCUT2D eigenvalue weighted by Gasteiger charge is 2.45. The number of likely N-dealkylation sites (N-methyl/N-ethyl adjacent to an activating group) is 1. The van der Waals surface area contributed by atoms with Crippen molar-refractivity contribution in [2.24, 2.45) is 0 Å². The fourth-order valence-electron chi connectivity index (χ4n) is 4.13. The van der Waals surface area contributed by atoms with Crippen LogP contribution in [-0.4, -0.2) is 20.1 Å². The molecule has 0 radical (unpaired) electrons. The molecule has 0 bridgehead atoms. The van der Waals surface area contributed by atoms with Gasteiger partial charge in [-0.3, -0.25) is 0 Å². The van der Waals surface area contributed by atoms with Crippen LogP contribution >= 0.6 is 0 Å². The summed E-state index contributed by atoms with van der Waals surface area (Å²) in [6.07, 6.45) is 7.72. The van der Waals surface area contributed by atoms with Crippen molar-refractivity contribution in [2.45, 2.75) is 11.8 Å². The third-order valence-corrected chi connectivity index (χ3v) is 5.29. The molecular weight excluding hydrogens is 304 g/mol. The SMILES string of the molecule is CNCCNC1=C2C=CC=C2C(c2ccccc2)(c2ccccc2)C1. The summed E-state index contributed by atoms with van der Waals surface area (Å²) in [5, 5.41) is 6.89. The van der Waals surface area contributed by atoms with Gasteiger partial charge in [-0.25, -0.2) is 0 Å². The molecule has 0 saturated carbocycles. The molecule has 0 aliphatic heterocycles. The van der Waals surface area contributed by atoms with Crippen LogP contribution in [0, 0.1) is 0 Å². The van der Waals surface area contributed by atoms with E-state index in [0.717, 1.165) is 19.5 Å². The molecule has 2 nitrogen and oxygen atoms in total. The maximum atomic E-state index is 3.67. The van der Waals surface area contributed by atoms with Gasteiger partial charge in [0.05, 0.1) is 5.41 Å². The van der Waals surface area contributed by atoms with Crippen molar-refractivity contribution >= 4 is 0 Å². The Bertz CT molecular complexity index is 789. The molecule has 2 aromatic carbocycles. The molecule has 2 heteroatoms. The molecule has 2 aliphatic rings. The Balaban J connectivity index is 1.82. The average molecular weight is 328 g/mol. The number of hydrogen-bond donors (Lipinski definition) is 2. The first-order chi connectivity index (χ1) is 12.4. The van der Waals surface area contributed by atoms with E-state index in [9.17, 15) is 0 Å².